The monoisotopic (exact) mass is 379 g/mol. The topological polar surface area (TPSA) is 66.2 Å². The second-order valence-electron chi connectivity index (χ2n) is 7.54. The number of carbonyl (C=O) groups is 1. The van der Waals surface area contributed by atoms with E-state index in [-0.39, 0.29) is 18.6 Å². The van der Waals surface area contributed by atoms with Crippen LogP contribution in [-0.2, 0) is 4.74 Å². The molecule has 2 aromatic heterocycles. The Hall–Kier alpha value is -2.89. The Kier molecular flexibility index (Phi) is 5.03. The van der Waals surface area contributed by atoms with Gasteiger partial charge in [-0.15, -0.1) is 0 Å². The van der Waals surface area contributed by atoms with E-state index in [9.17, 15) is 4.79 Å². The Morgan fingerprint density at radius 2 is 2.04 bits per heavy atom. The number of esters is 1. The van der Waals surface area contributed by atoms with Crippen molar-refractivity contribution in [3.63, 3.8) is 0 Å². The van der Waals surface area contributed by atoms with Crippen molar-refractivity contribution in [2.45, 2.75) is 45.6 Å². The van der Waals surface area contributed by atoms with Gasteiger partial charge in [-0.25, -0.2) is 14.5 Å². The van der Waals surface area contributed by atoms with Gasteiger partial charge >= 0.3 is 5.97 Å². The third-order valence-corrected chi connectivity index (χ3v) is 4.96. The first kappa shape index (κ1) is 18.5. The van der Waals surface area contributed by atoms with Gasteiger partial charge in [0, 0.05) is 17.7 Å². The number of hydrogen-bond acceptors (Lipinski definition) is 5. The maximum absolute atomic E-state index is 12.8. The third-order valence-electron chi connectivity index (χ3n) is 4.96. The number of hydrogen-bond donors (Lipinski definition) is 0. The van der Waals surface area contributed by atoms with E-state index in [2.05, 4.69) is 18.9 Å². The van der Waals surface area contributed by atoms with Crippen LogP contribution in [-0.4, -0.2) is 33.9 Å². The fourth-order valence-corrected chi connectivity index (χ4v) is 3.25. The lowest BCUT2D eigenvalue weighted by Gasteiger charge is -2.11. The summed E-state index contributed by atoms with van der Waals surface area (Å²) >= 11 is 0. The minimum absolute atomic E-state index is 0.172. The third kappa shape index (κ3) is 3.72. The van der Waals surface area contributed by atoms with Gasteiger partial charge in [0.25, 0.3) is 0 Å². The second kappa shape index (κ2) is 7.62. The van der Waals surface area contributed by atoms with Crippen molar-refractivity contribution >= 4 is 17.0 Å². The number of fused-ring (bicyclic) bond motifs is 1. The smallest absolute Gasteiger partial charge is 0.339 e. The number of rotatable bonds is 7. The Balaban J connectivity index is 1.49. The van der Waals surface area contributed by atoms with Crippen molar-refractivity contribution in [3.8, 4) is 5.75 Å². The zero-order valence-electron chi connectivity index (χ0n) is 16.5. The minimum atomic E-state index is -0.356. The zero-order valence-corrected chi connectivity index (χ0v) is 16.5. The number of ether oxygens (including phenoxy) is 2. The summed E-state index contributed by atoms with van der Waals surface area (Å²) in [6.45, 7) is 6.60. The zero-order chi connectivity index (χ0) is 19.7. The molecular formula is C22H25N3O3. The van der Waals surface area contributed by atoms with Gasteiger partial charge in [0.1, 0.15) is 19.0 Å². The summed E-state index contributed by atoms with van der Waals surface area (Å²) in [5.74, 6) is 0.890. The molecule has 0 amide bonds. The van der Waals surface area contributed by atoms with Crippen LogP contribution in [0.15, 0.2) is 36.5 Å². The summed E-state index contributed by atoms with van der Waals surface area (Å²) in [7, 11) is 0. The first-order valence-electron chi connectivity index (χ1n) is 9.78. The molecule has 0 saturated heterocycles. The number of aromatic nitrogens is 3. The van der Waals surface area contributed by atoms with E-state index in [4.69, 9.17) is 14.5 Å². The van der Waals surface area contributed by atoms with E-state index in [0.29, 0.717) is 18.1 Å². The van der Waals surface area contributed by atoms with Crippen LogP contribution in [0.25, 0.3) is 11.0 Å². The minimum Gasteiger partial charge on any atom is -0.490 e. The van der Waals surface area contributed by atoms with Gasteiger partial charge in [-0.05, 0) is 51.3 Å². The molecule has 1 aliphatic carbocycles. The first-order valence-corrected chi connectivity index (χ1v) is 9.78. The number of pyridine rings is 1. The van der Waals surface area contributed by atoms with Crippen molar-refractivity contribution in [1.29, 1.82) is 0 Å². The number of aryl methyl sites for hydroxylation is 1. The molecule has 1 fully saturated rings. The molecule has 4 rings (SSSR count). The predicted molar refractivity (Wildman–Crippen MR) is 107 cm³/mol. The summed E-state index contributed by atoms with van der Waals surface area (Å²) in [6.07, 6.45) is 3.94. The maximum Gasteiger partial charge on any atom is 0.339 e. The molecule has 1 aliphatic rings. The van der Waals surface area contributed by atoms with Crippen molar-refractivity contribution < 1.29 is 14.3 Å². The van der Waals surface area contributed by atoms with Crippen LogP contribution in [0.2, 0.25) is 0 Å². The second-order valence-corrected chi connectivity index (χ2v) is 7.54. The fraction of sp³-hybridized carbons (Fsp3) is 0.409. The standard InChI is InChI=1S/C22H25N3O3/c1-14(2)25-21-18(13-23-25)17(12-19(24-21)16-8-9-16)22(26)28-11-10-27-20-7-5-4-6-15(20)3/h4-7,12-14,16H,8-11H2,1-3H3. The molecule has 6 heteroatoms. The number of para-hydroxylation sites is 1. The Morgan fingerprint density at radius 3 is 2.75 bits per heavy atom. The highest BCUT2D eigenvalue weighted by Crippen LogP contribution is 2.40. The van der Waals surface area contributed by atoms with E-state index < -0.39 is 0 Å². The van der Waals surface area contributed by atoms with Crippen LogP contribution in [0.3, 0.4) is 0 Å². The lowest BCUT2D eigenvalue weighted by Crippen LogP contribution is -2.14. The summed E-state index contributed by atoms with van der Waals surface area (Å²) in [4.78, 5) is 17.5. The molecule has 0 unspecified atom stereocenters. The summed E-state index contributed by atoms with van der Waals surface area (Å²) < 4.78 is 13.1. The average molecular weight is 379 g/mol. The van der Waals surface area contributed by atoms with E-state index in [1.807, 2.05) is 41.9 Å². The van der Waals surface area contributed by atoms with Gasteiger partial charge in [-0.2, -0.15) is 5.10 Å². The Bertz CT molecular complexity index is 1010. The average Bonchev–Trinajstić information content (AvgIpc) is 3.44. The van der Waals surface area contributed by atoms with Crippen molar-refractivity contribution in [2.75, 3.05) is 13.2 Å². The molecule has 0 atom stereocenters. The molecule has 0 aliphatic heterocycles. The predicted octanol–water partition coefficient (Wildman–Crippen LogP) is 4.43. The Morgan fingerprint density at radius 1 is 1.25 bits per heavy atom. The number of nitrogens with zero attached hydrogens (tertiary/aromatic N) is 3. The summed E-state index contributed by atoms with van der Waals surface area (Å²) in [5, 5.41) is 5.17. The quantitative estimate of drug-likeness (QED) is 0.449. The molecule has 1 saturated carbocycles. The van der Waals surface area contributed by atoms with E-state index >= 15 is 0 Å². The molecule has 3 aromatic rings. The molecule has 0 spiro atoms. The number of carbonyl (C=O) groups excluding carboxylic acids is 1. The Labute approximate surface area is 164 Å². The van der Waals surface area contributed by atoms with E-state index in [1.54, 1.807) is 6.20 Å². The molecule has 6 nitrogen and oxygen atoms in total. The van der Waals surface area contributed by atoms with Crippen LogP contribution in [0.5, 0.6) is 5.75 Å². The molecule has 0 bridgehead atoms. The van der Waals surface area contributed by atoms with Gasteiger partial charge in [0.05, 0.1) is 17.1 Å². The molecular weight excluding hydrogens is 354 g/mol. The fourth-order valence-electron chi connectivity index (χ4n) is 3.25. The highest BCUT2D eigenvalue weighted by atomic mass is 16.6. The van der Waals surface area contributed by atoms with Crippen molar-refractivity contribution in [3.05, 3.63) is 53.3 Å². The van der Waals surface area contributed by atoms with Gasteiger partial charge < -0.3 is 9.47 Å². The molecule has 2 heterocycles. The lowest BCUT2D eigenvalue weighted by molar-refractivity contribution is 0.0452. The van der Waals surface area contributed by atoms with Gasteiger partial charge in [-0.3, -0.25) is 0 Å². The van der Waals surface area contributed by atoms with E-state index in [0.717, 1.165) is 40.9 Å². The lowest BCUT2D eigenvalue weighted by atomic mass is 10.1. The number of benzene rings is 1. The molecule has 146 valence electrons. The maximum atomic E-state index is 12.8. The summed E-state index contributed by atoms with van der Waals surface area (Å²) in [5.41, 5.74) is 3.30. The molecule has 0 radical (unpaired) electrons. The van der Waals surface area contributed by atoms with Gasteiger partial charge in [-0.1, -0.05) is 18.2 Å². The SMILES string of the molecule is Cc1ccccc1OCCOC(=O)c1cc(C2CC2)nc2c1cnn2C(C)C. The van der Waals surface area contributed by atoms with Crippen molar-refractivity contribution in [1.82, 2.24) is 14.8 Å². The van der Waals surface area contributed by atoms with Crippen LogP contribution in [0.1, 0.15) is 60.3 Å². The van der Waals surface area contributed by atoms with Crippen LogP contribution in [0.4, 0.5) is 0 Å². The van der Waals surface area contributed by atoms with Crippen LogP contribution in [0, 0.1) is 6.92 Å². The van der Waals surface area contributed by atoms with Crippen LogP contribution >= 0.6 is 0 Å². The normalized spacial score (nSPS) is 13.9. The highest BCUT2D eigenvalue weighted by Gasteiger charge is 2.28. The first-order chi connectivity index (χ1) is 13.5. The summed E-state index contributed by atoms with van der Waals surface area (Å²) in [6, 6.07) is 9.83. The van der Waals surface area contributed by atoms with E-state index in [1.165, 1.54) is 0 Å². The van der Waals surface area contributed by atoms with Crippen molar-refractivity contribution in [2.24, 2.45) is 0 Å². The molecule has 0 N–H and O–H groups in total. The highest BCUT2D eigenvalue weighted by molar-refractivity contribution is 6.02. The molecule has 28 heavy (non-hydrogen) atoms. The largest absolute Gasteiger partial charge is 0.490 e. The van der Waals surface area contributed by atoms with Crippen LogP contribution < -0.4 is 4.74 Å². The van der Waals surface area contributed by atoms with Gasteiger partial charge in [0.2, 0.25) is 0 Å². The van der Waals surface area contributed by atoms with Gasteiger partial charge in [0.15, 0.2) is 5.65 Å². The molecule has 1 aromatic carbocycles.